The normalized spacial score (nSPS) is 15.1. The second kappa shape index (κ2) is 10.8. The van der Waals surface area contributed by atoms with Gasteiger partial charge < -0.3 is 4.90 Å². The monoisotopic (exact) mass is 497 g/mol. The van der Waals surface area contributed by atoms with E-state index in [4.69, 9.17) is 0 Å². The largest absolute Gasteiger partial charge is 0.346 e. The Morgan fingerprint density at radius 2 is 1.86 bits per heavy atom. The summed E-state index contributed by atoms with van der Waals surface area (Å²) in [5.74, 6) is -0.00765. The first-order valence-corrected chi connectivity index (χ1v) is 13.0. The molecular formula is C25H28FN5O3S. The lowest BCUT2D eigenvalue weighted by Crippen LogP contribution is -2.28. The van der Waals surface area contributed by atoms with Gasteiger partial charge in [-0.3, -0.25) is 19.6 Å². The van der Waals surface area contributed by atoms with E-state index in [-0.39, 0.29) is 35.4 Å². The Balaban J connectivity index is 1.15. The Morgan fingerprint density at radius 1 is 1.09 bits per heavy atom. The number of aliphatic imine (C=N–C) groups is 1. The number of hydrogen-bond acceptors (Lipinski definition) is 5. The van der Waals surface area contributed by atoms with Crippen LogP contribution in [0.3, 0.4) is 0 Å². The maximum Gasteiger partial charge on any atom is 0.263 e. The van der Waals surface area contributed by atoms with Crippen molar-refractivity contribution in [3.8, 4) is 11.3 Å². The van der Waals surface area contributed by atoms with Crippen LogP contribution in [0.25, 0.3) is 11.3 Å². The number of amides is 1. The average molecular weight is 498 g/mol. The number of hydrogen-bond donors (Lipinski definition) is 2. The summed E-state index contributed by atoms with van der Waals surface area (Å²) in [5, 5.41) is 7.33. The summed E-state index contributed by atoms with van der Waals surface area (Å²) in [4.78, 5) is 18.6. The Morgan fingerprint density at radius 3 is 2.66 bits per heavy atom. The van der Waals surface area contributed by atoms with E-state index in [0.717, 1.165) is 42.6 Å². The van der Waals surface area contributed by atoms with Gasteiger partial charge in [0, 0.05) is 36.8 Å². The highest BCUT2D eigenvalue weighted by Crippen LogP contribution is 2.22. The molecule has 0 atom stereocenters. The topological polar surface area (TPSA) is 108 Å². The van der Waals surface area contributed by atoms with Crippen molar-refractivity contribution in [2.45, 2.75) is 37.0 Å². The molecule has 35 heavy (non-hydrogen) atoms. The molecule has 2 N–H and O–H groups in total. The van der Waals surface area contributed by atoms with Crippen LogP contribution in [0, 0.1) is 5.82 Å². The van der Waals surface area contributed by atoms with Crippen molar-refractivity contribution >= 4 is 21.8 Å². The number of carbonyl (C=O) groups is 1. The number of halogens is 1. The SMILES string of the molecule is CN(CCCCCc1cc(-c2ccc(F)cc2)n[nH]1)C(=O)CCN=C1NS(=O)(=O)c2ccccc21. The van der Waals surface area contributed by atoms with Gasteiger partial charge >= 0.3 is 0 Å². The van der Waals surface area contributed by atoms with Crippen molar-refractivity contribution in [3.05, 3.63) is 71.7 Å². The van der Waals surface area contributed by atoms with Crippen LogP contribution in [0.1, 0.15) is 36.9 Å². The minimum atomic E-state index is -3.57. The van der Waals surface area contributed by atoms with Crippen LogP contribution in [0.4, 0.5) is 4.39 Å². The predicted octanol–water partition coefficient (Wildman–Crippen LogP) is 3.52. The van der Waals surface area contributed by atoms with Crippen molar-refractivity contribution in [1.82, 2.24) is 19.8 Å². The van der Waals surface area contributed by atoms with Crippen LogP contribution < -0.4 is 4.72 Å². The van der Waals surface area contributed by atoms with Crippen molar-refractivity contribution < 1.29 is 17.6 Å². The molecule has 8 nitrogen and oxygen atoms in total. The summed E-state index contributed by atoms with van der Waals surface area (Å²) in [6.45, 7) is 0.861. The minimum Gasteiger partial charge on any atom is -0.346 e. The molecule has 3 aromatic rings. The summed E-state index contributed by atoms with van der Waals surface area (Å²) in [6, 6.07) is 14.9. The van der Waals surface area contributed by atoms with E-state index in [2.05, 4.69) is 19.9 Å². The molecule has 0 saturated carbocycles. The molecule has 0 saturated heterocycles. The van der Waals surface area contributed by atoms with E-state index in [0.29, 0.717) is 12.1 Å². The third-order valence-corrected chi connectivity index (χ3v) is 7.29. The van der Waals surface area contributed by atoms with Crippen LogP contribution in [0.2, 0.25) is 0 Å². The number of sulfonamides is 1. The second-order valence-electron chi connectivity index (χ2n) is 8.49. The number of amidine groups is 1. The molecule has 0 radical (unpaired) electrons. The molecule has 0 aliphatic carbocycles. The lowest BCUT2D eigenvalue weighted by Gasteiger charge is -2.16. The molecule has 4 rings (SSSR count). The van der Waals surface area contributed by atoms with Gasteiger partial charge in [-0.05, 0) is 61.7 Å². The van der Waals surface area contributed by atoms with Crippen LogP contribution in [-0.2, 0) is 21.2 Å². The molecule has 1 aromatic heterocycles. The van der Waals surface area contributed by atoms with Crippen LogP contribution in [0.5, 0.6) is 0 Å². The lowest BCUT2D eigenvalue weighted by atomic mass is 10.1. The fourth-order valence-corrected chi connectivity index (χ4v) is 5.18. The molecule has 2 aromatic carbocycles. The number of nitrogens with one attached hydrogen (secondary N) is 2. The van der Waals surface area contributed by atoms with Crippen LogP contribution in [-0.4, -0.2) is 55.4 Å². The molecule has 0 fully saturated rings. The zero-order valence-electron chi connectivity index (χ0n) is 19.5. The van der Waals surface area contributed by atoms with Gasteiger partial charge in [0.2, 0.25) is 5.91 Å². The number of aromatic nitrogens is 2. The minimum absolute atomic E-state index is 0.0269. The van der Waals surface area contributed by atoms with E-state index in [1.807, 2.05) is 6.07 Å². The Kier molecular flexibility index (Phi) is 7.60. The third kappa shape index (κ3) is 6.13. The average Bonchev–Trinajstić information content (AvgIpc) is 3.41. The molecular weight excluding hydrogens is 469 g/mol. The van der Waals surface area contributed by atoms with Gasteiger partial charge in [0.1, 0.15) is 11.7 Å². The number of nitrogens with zero attached hydrogens (tertiary/aromatic N) is 3. The van der Waals surface area contributed by atoms with Crippen molar-refractivity contribution in [2.75, 3.05) is 20.1 Å². The van der Waals surface area contributed by atoms with E-state index in [1.54, 1.807) is 42.3 Å². The van der Waals surface area contributed by atoms with Gasteiger partial charge in [-0.2, -0.15) is 5.10 Å². The number of unbranched alkanes of at least 4 members (excludes halogenated alkanes) is 2. The lowest BCUT2D eigenvalue weighted by molar-refractivity contribution is -0.129. The Bertz CT molecular complexity index is 1320. The summed E-state index contributed by atoms with van der Waals surface area (Å²) >= 11 is 0. The summed E-state index contributed by atoms with van der Waals surface area (Å²) in [6.07, 6.45) is 3.86. The molecule has 0 spiro atoms. The number of aromatic amines is 1. The molecule has 2 heterocycles. The summed E-state index contributed by atoms with van der Waals surface area (Å²) < 4.78 is 39.8. The Labute approximate surface area is 204 Å². The van der Waals surface area contributed by atoms with Gasteiger partial charge in [-0.1, -0.05) is 18.6 Å². The van der Waals surface area contributed by atoms with Crippen molar-refractivity contribution in [1.29, 1.82) is 0 Å². The maximum absolute atomic E-state index is 13.1. The van der Waals surface area contributed by atoms with Crippen LogP contribution in [0.15, 0.2) is 64.5 Å². The van der Waals surface area contributed by atoms with Gasteiger partial charge in [0.05, 0.1) is 17.1 Å². The first kappa shape index (κ1) is 24.6. The maximum atomic E-state index is 13.1. The molecule has 0 unspecified atom stereocenters. The number of rotatable bonds is 10. The zero-order valence-corrected chi connectivity index (χ0v) is 20.3. The van der Waals surface area contributed by atoms with Crippen molar-refractivity contribution in [3.63, 3.8) is 0 Å². The Hall–Kier alpha value is -3.53. The standard InChI is InChI=1S/C25H28FN5O3S/c1-31(24(32)14-15-27-25-21-8-4-5-9-23(21)35(33,34)30-25)16-6-2-3-7-20-17-22(29-28-20)18-10-12-19(26)13-11-18/h4-5,8-13,17H,2-3,6-7,14-16H2,1H3,(H,27,30)(H,28,29). The molecule has 10 heteroatoms. The van der Waals surface area contributed by atoms with E-state index < -0.39 is 10.0 Å². The fourth-order valence-electron chi connectivity index (χ4n) is 3.93. The zero-order chi connectivity index (χ0) is 24.8. The van der Waals surface area contributed by atoms with Gasteiger partial charge in [-0.25, -0.2) is 12.8 Å². The highest BCUT2D eigenvalue weighted by Gasteiger charge is 2.30. The van der Waals surface area contributed by atoms with E-state index in [1.165, 1.54) is 18.2 Å². The number of H-pyrrole nitrogens is 1. The van der Waals surface area contributed by atoms with E-state index >= 15 is 0 Å². The van der Waals surface area contributed by atoms with Crippen LogP contribution >= 0.6 is 0 Å². The smallest absolute Gasteiger partial charge is 0.263 e. The van der Waals surface area contributed by atoms with E-state index in [9.17, 15) is 17.6 Å². The first-order valence-electron chi connectivity index (χ1n) is 11.5. The molecule has 1 amide bonds. The molecule has 1 aliphatic rings. The fraction of sp³-hybridized carbons (Fsp3) is 0.320. The van der Waals surface area contributed by atoms with Gasteiger partial charge in [-0.15, -0.1) is 0 Å². The number of fused-ring (bicyclic) bond motifs is 1. The third-order valence-electron chi connectivity index (χ3n) is 5.89. The molecule has 0 bridgehead atoms. The summed E-state index contributed by atoms with van der Waals surface area (Å²) in [5.41, 5.74) is 3.23. The highest BCUT2D eigenvalue weighted by atomic mass is 32.2. The first-order chi connectivity index (χ1) is 16.8. The van der Waals surface area contributed by atoms with Gasteiger partial charge in [0.15, 0.2) is 0 Å². The molecule has 184 valence electrons. The molecule has 1 aliphatic heterocycles. The second-order valence-corrected chi connectivity index (χ2v) is 10.1. The number of benzene rings is 2. The predicted molar refractivity (Wildman–Crippen MR) is 132 cm³/mol. The number of aryl methyl sites for hydroxylation is 1. The van der Waals surface area contributed by atoms with Crippen molar-refractivity contribution in [2.24, 2.45) is 4.99 Å². The summed E-state index contributed by atoms with van der Waals surface area (Å²) in [7, 11) is -1.80. The highest BCUT2D eigenvalue weighted by molar-refractivity contribution is 7.90. The quantitative estimate of drug-likeness (QED) is 0.418. The van der Waals surface area contributed by atoms with Gasteiger partial charge in [0.25, 0.3) is 10.0 Å². The number of carbonyl (C=O) groups excluding carboxylic acids is 1.